The summed E-state index contributed by atoms with van der Waals surface area (Å²) in [4.78, 5) is 22.5. The number of nitrogens with one attached hydrogen (secondary N) is 1. The molecule has 0 bridgehead atoms. The molecular formula is C18H15N5O. The summed E-state index contributed by atoms with van der Waals surface area (Å²) in [5.74, 6) is 0.511. The largest absolute Gasteiger partial charge is 0.350 e. The van der Waals surface area contributed by atoms with E-state index < -0.39 is 0 Å². The average molecular weight is 317 g/mol. The van der Waals surface area contributed by atoms with Crippen molar-refractivity contribution in [2.75, 3.05) is 23.8 Å². The molecule has 3 aromatic rings. The number of hydrogen-bond donors (Lipinski definition) is 1. The van der Waals surface area contributed by atoms with Gasteiger partial charge in [0, 0.05) is 18.1 Å². The lowest BCUT2D eigenvalue weighted by Gasteiger charge is -2.19. The lowest BCUT2D eigenvalue weighted by atomic mass is 10.2. The van der Waals surface area contributed by atoms with Gasteiger partial charge in [-0.05, 0) is 30.3 Å². The van der Waals surface area contributed by atoms with Gasteiger partial charge in [-0.15, -0.1) is 0 Å². The summed E-state index contributed by atoms with van der Waals surface area (Å²) in [5, 5.41) is 12.6. The molecule has 0 aliphatic carbocycles. The van der Waals surface area contributed by atoms with E-state index in [1.54, 1.807) is 36.2 Å². The Kier molecular flexibility index (Phi) is 4.34. The molecule has 118 valence electrons. The molecule has 1 aromatic heterocycles. The fourth-order valence-corrected chi connectivity index (χ4v) is 2.45. The van der Waals surface area contributed by atoms with Crippen molar-refractivity contribution >= 4 is 28.3 Å². The summed E-state index contributed by atoms with van der Waals surface area (Å²) in [6, 6.07) is 16.5. The molecule has 0 aliphatic rings. The first-order valence-electron chi connectivity index (χ1n) is 7.38. The number of carbonyl (C=O) groups is 1. The molecule has 24 heavy (non-hydrogen) atoms. The Hall–Kier alpha value is -3.46. The number of hydrogen-bond acceptors (Lipinski definition) is 5. The van der Waals surface area contributed by atoms with Crippen molar-refractivity contribution < 1.29 is 4.79 Å². The van der Waals surface area contributed by atoms with Crippen LogP contribution in [0, 0.1) is 11.3 Å². The highest BCUT2D eigenvalue weighted by atomic mass is 16.2. The third kappa shape index (κ3) is 3.31. The van der Waals surface area contributed by atoms with Crippen LogP contribution in [0.3, 0.4) is 0 Å². The average Bonchev–Trinajstić information content (AvgIpc) is 2.61. The summed E-state index contributed by atoms with van der Waals surface area (Å²) in [6.07, 6.45) is 1.49. The van der Waals surface area contributed by atoms with Gasteiger partial charge in [-0.3, -0.25) is 4.79 Å². The van der Waals surface area contributed by atoms with E-state index in [4.69, 9.17) is 5.26 Å². The lowest BCUT2D eigenvalue weighted by Crippen LogP contribution is -2.30. The Balaban J connectivity index is 1.75. The van der Waals surface area contributed by atoms with Crippen LogP contribution in [0.4, 0.5) is 11.5 Å². The van der Waals surface area contributed by atoms with Crippen molar-refractivity contribution in [3.8, 4) is 6.07 Å². The first kappa shape index (κ1) is 15.4. The molecule has 1 amide bonds. The molecule has 1 N–H and O–H groups in total. The third-order valence-electron chi connectivity index (χ3n) is 3.54. The number of benzene rings is 2. The highest BCUT2D eigenvalue weighted by Gasteiger charge is 2.12. The van der Waals surface area contributed by atoms with Gasteiger partial charge in [-0.2, -0.15) is 5.26 Å². The first-order valence-corrected chi connectivity index (χ1v) is 7.38. The summed E-state index contributed by atoms with van der Waals surface area (Å²) >= 11 is 0. The van der Waals surface area contributed by atoms with E-state index in [0.29, 0.717) is 17.1 Å². The minimum absolute atomic E-state index is 0.137. The zero-order valence-corrected chi connectivity index (χ0v) is 13.1. The van der Waals surface area contributed by atoms with Crippen molar-refractivity contribution in [1.82, 2.24) is 9.97 Å². The molecule has 2 aromatic carbocycles. The molecule has 0 atom stereocenters. The van der Waals surface area contributed by atoms with Crippen molar-refractivity contribution in [2.24, 2.45) is 0 Å². The highest BCUT2D eigenvalue weighted by molar-refractivity contribution is 5.96. The molecule has 0 fully saturated rings. The number of rotatable bonds is 4. The molecule has 0 aliphatic heterocycles. The minimum Gasteiger partial charge on any atom is -0.350 e. The molecule has 6 heteroatoms. The van der Waals surface area contributed by atoms with Crippen LogP contribution in [0.2, 0.25) is 0 Å². The van der Waals surface area contributed by atoms with Crippen LogP contribution >= 0.6 is 0 Å². The Morgan fingerprint density at radius 2 is 2.04 bits per heavy atom. The zero-order chi connectivity index (χ0) is 16.9. The first-order chi connectivity index (χ1) is 11.7. The Labute approximate surface area is 139 Å². The maximum Gasteiger partial charge on any atom is 0.243 e. The van der Waals surface area contributed by atoms with E-state index in [2.05, 4.69) is 15.3 Å². The van der Waals surface area contributed by atoms with Gasteiger partial charge in [0.15, 0.2) is 0 Å². The molecule has 3 rings (SSSR count). The summed E-state index contributed by atoms with van der Waals surface area (Å²) < 4.78 is 0. The van der Waals surface area contributed by atoms with Crippen LogP contribution in [0.25, 0.3) is 10.9 Å². The van der Waals surface area contributed by atoms with Crippen LogP contribution in [-0.2, 0) is 4.79 Å². The predicted molar refractivity (Wildman–Crippen MR) is 92.6 cm³/mol. The van der Waals surface area contributed by atoms with Gasteiger partial charge in [-0.1, -0.05) is 18.2 Å². The van der Waals surface area contributed by atoms with Crippen molar-refractivity contribution in [3.63, 3.8) is 0 Å². The third-order valence-corrected chi connectivity index (χ3v) is 3.54. The zero-order valence-electron chi connectivity index (χ0n) is 13.1. The van der Waals surface area contributed by atoms with E-state index in [9.17, 15) is 4.79 Å². The number of amides is 1. The fourth-order valence-electron chi connectivity index (χ4n) is 2.45. The molecule has 0 spiro atoms. The number of nitriles is 1. The van der Waals surface area contributed by atoms with Gasteiger partial charge >= 0.3 is 0 Å². The number of nitrogens with zero attached hydrogens (tertiary/aromatic N) is 4. The number of fused-ring (bicyclic) bond motifs is 1. The number of carbonyl (C=O) groups excluding carboxylic acids is 1. The standard InChI is InChI=1S/C18H15N5O/c1-23(18-15-7-2-3-8-16(15)20-12-21-18)11-17(24)22-14-6-4-5-13(9-14)10-19/h2-9,12H,11H2,1H3,(H,22,24). The van der Waals surface area contributed by atoms with Gasteiger partial charge < -0.3 is 10.2 Å². The Morgan fingerprint density at radius 3 is 2.88 bits per heavy atom. The molecule has 0 radical (unpaired) electrons. The van der Waals surface area contributed by atoms with Gasteiger partial charge in [0.05, 0.1) is 23.7 Å². The number of anilines is 2. The Bertz CT molecular complexity index is 927. The maximum atomic E-state index is 12.3. The molecule has 1 heterocycles. The number of likely N-dealkylation sites (N-methyl/N-ethyl adjacent to an activating group) is 1. The van der Waals surface area contributed by atoms with Crippen LogP contribution in [0.15, 0.2) is 54.9 Å². The molecule has 0 saturated carbocycles. The number of para-hydroxylation sites is 1. The van der Waals surface area contributed by atoms with Gasteiger partial charge in [0.2, 0.25) is 5.91 Å². The molecule has 0 unspecified atom stereocenters. The topological polar surface area (TPSA) is 81.9 Å². The van der Waals surface area contributed by atoms with Gasteiger partial charge in [-0.25, -0.2) is 9.97 Å². The second-order valence-electron chi connectivity index (χ2n) is 5.31. The monoisotopic (exact) mass is 317 g/mol. The van der Waals surface area contributed by atoms with E-state index in [-0.39, 0.29) is 12.5 Å². The van der Waals surface area contributed by atoms with Crippen molar-refractivity contribution in [2.45, 2.75) is 0 Å². The summed E-state index contributed by atoms with van der Waals surface area (Å²) in [7, 11) is 1.81. The normalized spacial score (nSPS) is 10.2. The molecular weight excluding hydrogens is 302 g/mol. The van der Waals surface area contributed by atoms with Crippen LogP contribution in [0.5, 0.6) is 0 Å². The summed E-state index contributed by atoms with van der Waals surface area (Å²) in [6.45, 7) is 0.137. The van der Waals surface area contributed by atoms with Crippen LogP contribution < -0.4 is 10.2 Å². The fraction of sp³-hybridized carbons (Fsp3) is 0.111. The van der Waals surface area contributed by atoms with Crippen LogP contribution in [-0.4, -0.2) is 29.5 Å². The van der Waals surface area contributed by atoms with Gasteiger partial charge in [0.25, 0.3) is 0 Å². The van der Waals surface area contributed by atoms with E-state index >= 15 is 0 Å². The van der Waals surface area contributed by atoms with Crippen LogP contribution in [0.1, 0.15) is 5.56 Å². The molecule has 0 saturated heterocycles. The lowest BCUT2D eigenvalue weighted by molar-refractivity contribution is -0.114. The van der Waals surface area contributed by atoms with Crippen molar-refractivity contribution in [1.29, 1.82) is 5.26 Å². The number of aromatic nitrogens is 2. The SMILES string of the molecule is CN(CC(=O)Nc1cccc(C#N)c1)c1ncnc2ccccc12. The maximum absolute atomic E-state index is 12.3. The smallest absolute Gasteiger partial charge is 0.243 e. The summed E-state index contributed by atoms with van der Waals surface area (Å²) in [5.41, 5.74) is 1.93. The quantitative estimate of drug-likeness (QED) is 0.800. The van der Waals surface area contributed by atoms with E-state index in [0.717, 1.165) is 10.9 Å². The Morgan fingerprint density at radius 1 is 1.21 bits per heavy atom. The highest BCUT2D eigenvalue weighted by Crippen LogP contribution is 2.21. The van der Waals surface area contributed by atoms with E-state index in [1.807, 2.05) is 30.3 Å². The minimum atomic E-state index is -0.185. The second-order valence-corrected chi connectivity index (χ2v) is 5.31. The van der Waals surface area contributed by atoms with Crippen molar-refractivity contribution in [3.05, 3.63) is 60.4 Å². The second kappa shape index (κ2) is 6.75. The molecule has 6 nitrogen and oxygen atoms in total. The van der Waals surface area contributed by atoms with E-state index in [1.165, 1.54) is 6.33 Å². The van der Waals surface area contributed by atoms with Gasteiger partial charge in [0.1, 0.15) is 12.1 Å². The predicted octanol–water partition coefficient (Wildman–Crippen LogP) is 2.58.